The minimum atomic E-state index is -0.00455. The monoisotopic (exact) mass is 421 g/mol. The van der Waals surface area contributed by atoms with E-state index in [2.05, 4.69) is 39.5 Å². The number of fused-ring (bicyclic) bond motifs is 1. The van der Waals surface area contributed by atoms with Gasteiger partial charge in [0.25, 0.3) is 0 Å². The summed E-state index contributed by atoms with van der Waals surface area (Å²) >= 11 is 1.60. The minimum Gasteiger partial charge on any atom is -0.494 e. The molecule has 1 amide bonds. The second-order valence-corrected chi connectivity index (χ2v) is 8.74. The molecule has 1 aliphatic heterocycles. The smallest absolute Gasteiger partial charge is 0.226 e. The maximum Gasteiger partial charge on any atom is 0.226 e. The van der Waals surface area contributed by atoms with Crippen molar-refractivity contribution in [2.45, 2.75) is 39.3 Å². The molecule has 0 spiro atoms. The highest BCUT2D eigenvalue weighted by molar-refractivity contribution is 7.15. The van der Waals surface area contributed by atoms with E-state index in [1.165, 1.54) is 16.0 Å². The highest BCUT2D eigenvalue weighted by atomic mass is 32.1. The average molecular weight is 422 g/mol. The topological polar surface area (TPSA) is 54.5 Å². The fourth-order valence-electron chi connectivity index (χ4n) is 3.59. The Labute approximate surface area is 181 Å². The number of nitrogens with one attached hydrogen (secondary N) is 1. The first-order chi connectivity index (χ1) is 14.7. The number of rotatable bonds is 8. The highest BCUT2D eigenvalue weighted by Crippen LogP contribution is 2.29. The van der Waals surface area contributed by atoms with Crippen molar-refractivity contribution in [3.8, 4) is 5.75 Å². The van der Waals surface area contributed by atoms with Crippen molar-refractivity contribution in [1.82, 2.24) is 9.88 Å². The molecule has 0 fully saturated rings. The molecule has 1 aliphatic rings. The summed E-state index contributed by atoms with van der Waals surface area (Å²) in [6, 6.07) is 18.5. The summed E-state index contributed by atoms with van der Waals surface area (Å²) in [5.41, 5.74) is 3.62. The van der Waals surface area contributed by atoms with Crippen LogP contribution in [0.3, 0.4) is 0 Å². The van der Waals surface area contributed by atoms with Gasteiger partial charge >= 0.3 is 0 Å². The molecule has 1 aromatic heterocycles. The zero-order valence-electron chi connectivity index (χ0n) is 17.3. The molecule has 0 saturated heterocycles. The van der Waals surface area contributed by atoms with Gasteiger partial charge in [0.2, 0.25) is 5.91 Å². The number of carbonyl (C=O) groups excluding carboxylic acids is 1. The molecule has 5 nitrogen and oxygen atoms in total. The SMILES string of the molecule is Cc1cccc(OCCCC(=O)Nc2nc3c(s2)CN(Cc2ccccc2)CC3)c1. The van der Waals surface area contributed by atoms with Crippen LogP contribution in [0.1, 0.15) is 34.5 Å². The number of aromatic nitrogens is 1. The highest BCUT2D eigenvalue weighted by Gasteiger charge is 2.21. The Balaban J connectivity index is 1.22. The van der Waals surface area contributed by atoms with E-state index in [0.29, 0.717) is 24.6 Å². The van der Waals surface area contributed by atoms with Crippen LogP contribution in [0.2, 0.25) is 0 Å². The van der Waals surface area contributed by atoms with Gasteiger partial charge in [-0.05, 0) is 36.6 Å². The molecule has 0 radical (unpaired) electrons. The maximum atomic E-state index is 12.3. The van der Waals surface area contributed by atoms with Crippen molar-refractivity contribution in [2.24, 2.45) is 0 Å². The molecule has 156 valence electrons. The van der Waals surface area contributed by atoms with Crippen molar-refractivity contribution >= 4 is 22.4 Å². The van der Waals surface area contributed by atoms with Crippen LogP contribution in [-0.2, 0) is 24.3 Å². The van der Waals surface area contributed by atoms with Crippen molar-refractivity contribution in [1.29, 1.82) is 0 Å². The normalized spacial score (nSPS) is 13.6. The lowest BCUT2D eigenvalue weighted by Gasteiger charge is -2.25. The first kappa shape index (κ1) is 20.6. The van der Waals surface area contributed by atoms with Crippen LogP contribution in [0.5, 0.6) is 5.75 Å². The number of anilines is 1. The third kappa shape index (κ3) is 5.68. The van der Waals surface area contributed by atoms with E-state index in [9.17, 15) is 4.79 Å². The molecule has 3 aromatic rings. The molecular formula is C24H27N3O2S. The molecule has 0 bridgehead atoms. The van der Waals surface area contributed by atoms with Gasteiger partial charge in [-0.2, -0.15) is 0 Å². The fraction of sp³-hybridized carbons (Fsp3) is 0.333. The van der Waals surface area contributed by atoms with E-state index in [1.54, 1.807) is 11.3 Å². The van der Waals surface area contributed by atoms with E-state index >= 15 is 0 Å². The van der Waals surface area contributed by atoms with Gasteiger partial charge in [0.15, 0.2) is 5.13 Å². The standard InChI is InChI=1S/C24H27N3O2S/c1-18-7-5-10-20(15-18)29-14-6-11-23(28)26-24-25-21-12-13-27(17-22(21)30-24)16-19-8-3-2-4-9-19/h2-5,7-10,15H,6,11-14,16-17H2,1H3,(H,25,26,28). The first-order valence-corrected chi connectivity index (χ1v) is 11.2. The number of nitrogens with zero attached hydrogens (tertiary/aromatic N) is 2. The summed E-state index contributed by atoms with van der Waals surface area (Å²) in [6.45, 7) is 5.40. The van der Waals surface area contributed by atoms with E-state index in [4.69, 9.17) is 4.74 Å². The number of hydrogen-bond donors (Lipinski definition) is 1. The van der Waals surface area contributed by atoms with Gasteiger partial charge < -0.3 is 10.1 Å². The van der Waals surface area contributed by atoms with Crippen LogP contribution in [0.15, 0.2) is 54.6 Å². The number of hydrogen-bond acceptors (Lipinski definition) is 5. The predicted molar refractivity (Wildman–Crippen MR) is 121 cm³/mol. The molecule has 0 saturated carbocycles. The van der Waals surface area contributed by atoms with Crippen LogP contribution in [0.4, 0.5) is 5.13 Å². The molecule has 0 unspecified atom stereocenters. The van der Waals surface area contributed by atoms with E-state index in [1.807, 2.05) is 37.3 Å². The summed E-state index contributed by atoms with van der Waals surface area (Å²) < 4.78 is 5.72. The lowest BCUT2D eigenvalue weighted by Crippen LogP contribution is -2.29. The van der Waals surface area contributed by atoms with Crippen molar-refractivity contribution in [3.63, 3.8) is 0 Å². The van der Waals surface area contributed by atoms with Crippen molar-refractivity contribution in [3.05, 3.63) is 76.3 Å². The van der Waals surface area contributed by atoms with Gasteiger partial charge in [-0.15, -0.1) is 11.3 Å². The Kier molecular flexibility index (Phi) is 6.77. The Hall–Kier alpha value is -2.70. The molecule has 1 N–H and O–H groups in total. The first-order valence-electron chi connectivity index (χ1n) is 10.4. The molecule has 4 rings (SSSR count). The molecule has 6 heteroatoms. The Morgan fingerprint density at radius 2 is 2.07 bits per heavy atom. The molecule has 2 heterocycles. The van der Waals surface area contributed by atoms with E-state index in [0.717, 1.165) is 37.5 Å². The molecule has 30 heavy (non-hydrogen) atoms. The van der Waals surface area contributed by atoms with Crippen molar-refractivity contribution < 1.29 is 9.53 Å². The summed E-state index contributed by atoms with van der Waals surface area (Å²) in [6.07, 6.45) is 2.03. The second-order valence-electron chi connectivity index (χ2n) is 7.65. The maximum absolute atomic E-state index is 12.3. The van der Waals surface area contributed by atoms with Gasteiger partial charge in [-0.3, -0.25) is 9.69 Å². The summed E-state index contributed by atoms with van der Waals surface area (Å²) in [7, 11) is 0. The number of ether oxygens (including phenoxy) is 1. The Bertz CT molecular complexity index is 987. The fourth-order valence-corrected chi connectivity index (χ4v) is 4.65. The number of benzene rings is 2. The molecule has 2 aromatic carbocycles. The average Bonchev–Trinajstić information content (AvgIpc) is 3.13. The molecule has 0 aliphatic carbocycles. The van der Waals surface area contributed by atoms with Crippen LogP contribution in [0.25, 0.3) is 0 Å². The third-order valence-electron chi connectivity index (χ3n) is 5.11. The van der Waals surface area contributed by atoms with Gasteiger partial charge in [0, 0.05) is 37.4 Å². The van der Waals surface area contributed by atoms with Gasteiger partial charge in [0.05, 0.1) is 12.3 Å². The Morgan fingerprint density at radius 3 is 2.90 bits per heavy atom. The molecular weight excluding hydrogens is 394 g/mol. The van der Waals surface area contributed by atoms with Gasteiger partial charge in [0.1, 0.15) is 5.75 Å². The molecule has 0 atom stereocenters. The van der Waals surface area contributed by atoms with Crippen LogP contribution in [-0.4, -0.2) is 28.9 Å². The van der Waals surface area contributed by atoms with Crippen LogP contribution >= 0.6 is 11.3 Å². The third-order valence-corrected chi connectivity index (χ3v) is 6.11. The number of thiazole rings is 1. The van der Waals surface area contributed by atoms with Gasteiger partial charge in [-0.25, -0.2) is 4.98 Å². The van der Waals surface area contributed by atoms with Crippen molar-refractivity contribution in [2.75, 3.05) is 18.5 Å². The number of aryl methyl sites for hydroxylation is 1. The lowest BCUT2D eigenvalue weighted by molar-refractivity contribution is -0.116. The summed E-state index contributed by atoms with van der Waals surface area (Å²) in [4.78, 5) is 20.6. The summed E-state index contributed by atoms with van der Waals surface area (Å²) in [5, 5.41) is 3.68. The predicted octanol–water partition coefficient (Wildman–Crippen LogP) is 4.81. The van der Waals surface area contributed by atoms with Crippen LogP contribution in [0, 0.1) is 6.92 Å². The second kappa shape index (κ2) is 9.87. The van der Waals surface area contributed by atoms with Crippen LogP contribution < -0.4 is 10.1 Å². The van der Waals surface area contributed by atoms with Gasteiger partial charge in [-0.1, -0.05) is 42.5 Å². The zero-order valence-corrected chi connectivity index (χ0v) is 18.1. The summed E-state index contributed by atoms with van der Waals surface area (Å²) in [5.74, 6) is 0.846. The number of amides is 1. The lowest BCUT2D eigenvalue weighted by atomic mass is 10.1. The quantitative estimate of drug-likeness (QED) is 0.531. The largest absolute Gasteiger partial charge is 0.494 e. The number of carbonyl (C=O) groups is 1. The van der Waals surface area contributed by atoms with E-state index in [-0.39, 0.29) is 5.91 Å². The zero-order chi connectivity index (χ0) is 20.8. The van der Waals surface area contributed by atoms with E-state index < -0.39 is 0 Å². The Morgan fingerprint density at radius 1 is 1.20 bits per heavy atom. The minimum absolute atomic E-state index is 0.00455.